The highest BCUT2D eigenvalue weighted by Gasteiger charge is 2.10. The predicted octanol–water partition coefficient (Wildman–Crippen LogP) is 3.14. The number of anilines is 2. The third-order valence-electron chi connectivity index (χ3n) is 2.77. The second-order valence-corrected chi connectivity index (χ2v) is 5.26. The summed E-state index contributed by atoms with van der Waals surface area (Å²) < 4.78 is 0. The summed E-state index contributed by atoms with van der Waals surface area (Å²) in [5.74, 6) is -0.693. The van der Waals surface area contributed by atoms with Crippen LogP contribution in [0, 0.1) is 0 Å². The molecule has 0 spiro atoms. The molecule has 0 saturated heterocycles. The first kappa shape index (κ1) is 16.3. The molecule has 0 bridgehead atoms. The first-order valence-electron chi connectivity index (χ1n) is 6.36. The molecule has 114 valence electrons. The smallest absolute Gasteiger partial charge is 0.255 e. The van der Waals surface area contributed by atoms with Crippen molar-refractivity contribution in [3.05, 3.63) is 58.1 Å². The lowest BCUT2D eigenvalue weighted by molar-refractivity contribution is -0.114. The molecule has 0 radical (unpaired) electrons. The lowest BCUT2D eigenvalue weighted by atomic mass is 10.2. The number of hydrogen-bond donors (Lipinski definition) is 3. The molecule has 5 nitrogen and oxygen atoms in total. The van der Waals surface area contributed by atoms with E-state index in [4.69, 9.17) is 28.9 Å². The van der Waals surface area contributed by atoms with Crippen LogP contribution in [-0.2, 0) is 4.79 Å². The molecular formula is C15H13Cl2N3O2. The van der Waals surface area contributed by atoms with E-state index in [1.54, 1.807) is 42.5 Å². The molecule has 0 aliphatic carbocycles. The molecule has 22 heavy (non-hydrogen) atoms. The van der Waals surface area contributed by atoms with Crippen molar-refractivity contribution >= 4 is 46.4 Å². The minimum Gasteiger partial charge on any atom is -0.325 e. The Bertz CT molecular complexity index is 720. The Morgan fingerprint density at radius 2 is 1.82 bits per heavy atom. The second-order valence-electron chi connectivity index (χ2n) is 4.41. The molecule has 0 heterocycles. The highest BCUT2D eigenvalue weighted by Crippen LogP contribution is 2.26. The molecule has 0 atom stereocenters. The zero-order chi connectivity index (χ0) is 16.1. The Hall–Kier alpha value is -2.08. The third kappa shape index (κ3) is 4.21. The molecule has 7 heteroatoms. The Labute approximate surface area is 137 Å². The Morgan fingerprint density at radius 3 is 2.50 bits per heavy atom. The lowest BCUT2D eigenvalue weighted by Gasteiger charge is -2.10. The average Bonchev–Trinajstić information content (AvgIpc) is 2.50. The highest BCUT2D eigenvalue weighted by atomic mass is 35.5. The van der Waals surface area contributed by atoms with Crippen molar-refractivity contribution in [3.8, 4) is 0 Å². The molecule has 4 N–H and O–H groups in total. The molecule has 0 aliphatic rings. The van der Waals surface area contributed by atoms with Crippen LogP contribution in [0.2, 0.25) is 10.0 Å². The summed E-state index contributed by atoms with van der Waals surface area (Å²) in [5.41, 5.74) is 6.50. The van der Waals surface area contributed by atoms with Crippen molar-refractivity contribution in [2.24, 2.45) is 5.73 Å². The van der Waals surface area contributed by atoms with Crippen LogP contribution in [0.25, 0.3) is 0 Å². The number of nitrogens with one attached hydrogen (secondary N) is 2. The van der Waals surface area contributed by atoms with Crippen molar-refractivity contribution < 1.29 is 9.59 Å². The van der Waals surface area contributed by atoms with Gasteiger partial charge in [-0.2, -0.15) is 0 Å². The Balaban J connectivity index is 2.19. The van der Waals surface area contributed by atoms with Gasteiger partial charge in [-0.1, -0.05) is 29.3 Å². The second kappa shape index (κ2) is 7.26. The molecule has 2 aromatic rings. The fourth-order valence-electron chi connectivity index (χ4n) is 1.74. The fourth-order valence-corrected chi connectivity index (χ4v) is 2.09. The van der Waals surface area contributed by atoms with E-state index in [2.05, 4.69) is 10.6 Å². The van der Waals surface area contributed by atoms with Crippen LogP contribution in [-0.4, -0.2) is 18.4 Å². The minimum absolute atomic E-state index is 0.132. The lowest BCUT2D eigenvalue weighted by Crippen LogP contribution is -2.22. The van der Waals surface area contributed by atoms with Gasteiger partial charge in [-0.15, -0.1) is 0 Å². The van der Waals surface area contributed by atoms with Gasteiger partial charge in [0.05, 0.1) is 17.3 Å². The normalized spacial score (nSPS) is 10.1. The summed E-state index contributed by atoms with van der Waals surface area (Å²) in [4.78, 5) is 23.5. The summed E-state index contributed by atoms with van der Waals surface area (Å²) in [6.45, 7) is -0.132. The number of carbonyl (C=O) groups is 2. The van der Waals surface area contributed by atoms with E-state index in [0.29, 0.717) is 27.0 Å². The van der Waals surface area contributed by atoms with E-state index in [1.165, 1.54) is 0 Å². The van der Waals surface area contributed by atoms with Crippen LogP contribution in [0.3, 0.4) is 0 Å². The molecule has 0 aromatic heterocycles. The fraction of sp³-hybridized carbons (Fsp3) is 0.0667. The van der Waals surface area contributed by atoms with Crippen molar-refractivity contribution in [2.75, 3.05) is 17.2 Å². The van der Waals surface area contributed by atoms with Gasteiger partial charge < -0.3 is 16.4 Å². The van der Waals surface area contributed by atoms with E-state index in [1.807, 2.05) is 0 Å². The molecule has 2 amide bonds. The molecule has 0 aliphatic heterocycles. The van der Waals surface area contributed by atoms with E-state index in [9.17, 15) is 9.59 Å². The van der Waals surface area contributed by atoms with Crippen LogP contribution in [0.5, 0.6) is 0 Å². The van der Waals surface area contributed by atoms with Gasteiger partial charge in [-0.05, 0) is 36.4 Å². The standard InChI is InChI=1S/C15H13Cl2N3O2/c16-10-3-1-2-9(6-10)15(22)20-13-7-11(4-5-12(13)17)19-14(21)8-18/h1-7H,8,18H2,(H,19,21)(H,20,22). The largest absolute Gasteiger partial charge is 0.325 e. The maximum atomic E-state index is 12.2. The van der Waals surface area contributed by atoms with Crippen molar-refractivity contribution in [2.45, 2.75) is 0 Å². The molecule has 0 fully saturated rings. The van der Waals surface area contributed by atoms with E-state index in [-0.39, 0.29) is 18.4 Å². The summed E-state index contributed by atoms with van der Waals surface area (Å²) in [7, 11) is 0. The molecule has 0 unspecified atom stereocenters. The number of carbonyl (C=O) groups excluding carboxylic acids is 2. The Kier molecular flexibility index (Phi) is 5.38. The molecular weight excluding hydrogens is 325 g/mol. The number of rotatable bonds is 4. The monoisotopic (exact) mass is 337 g/mol. The third-order valence-corrected chi connectivity index (χ3v) is 3.34. The maximum absolute atomic E-state index is 12.2. The Morgan fingerprint density at radius 1 is 1.05 bits per heavy atom. The van der Waals surface area contributed by atoms with E-state index < -0.39 is 0 Å². The molecule has 2 rings (SSSR count). The van der Waals surface area contributed by atoms with Crippen LogP contribution in [0.4, 0.5) is 11.4 Å². The highest BCUT2D eigenvalue weighted by molar-refractivity contribution is 6.34. The molecule has 0 saturated carbocycles. The average molecular weight is 338 g/mol. The number of nitrogens with two attached hydrogens (primary N) is 1. The van der Waals surface area contributed by atoms with Crippen LogP contribution >= 0.6 is 23.2 Å². The van der Waals surface area contributed by atoms with Gasteiger partial charge in [0.25, 0.3) is 5.91 Å². The topological polar surface area (TPSA) is 84.2 Å². The number of hydrogen-bond acceptors (Lipinski definition) is 3. The first-order chi connectivity index (χ1) is 10.5. The zero-order valence-electron chi connectivity index (χ0n) is 11.4. The number of amides is 2. The van der Waals surface area contributed by atoms with Gasteiger partial charge in [0.15, 0.2) is 0 Å². The SMILES string of the molecule is NCC(=O)Nc1ccc(Cl)c(NC(=O)c2cccc(Cl)c2)c1. The summed E-state index contributed by atoms with van der Waals surface area (Å²) >= 11 is 11.9. The minimum atomic E-state index is -0.355. The van der Waals surface area contributed by atoms with Gasteiger partial charge in [-0.25, -0.2) is 0 Å². The summed E-state index contributed by atoms with van der Waals surface area (Å²) in [6.07, 6.45) is 0. The van der Waals surface area contributed by atoms with Crippen LogP contribution in [0.1, 0.15) is 10.4 Å². The summed E-state index contributed by atoms with van der Waals surface area (Å²) in [6, 6.07) is 11.3. The van der Waals surface area contributed by atoms with Gasteiger partial charge >= 0.3 is 0 Å². The number of benzene rings is 2. The van der Waals surface area contributed by atoms with Gasteiger partial charge in [0, 0.05) is 16.3 Å². The van der Waals surface area contributed by atoms with Crippen LogP contribution < -0.4 is 16.4 Å². The van der Waals surface area contributed by atoms with Gasteiger partial charge in [0.2, 0.25) is 5.91 Å². The van der Waals surface area contributed by atoms with E-state index in [0.717, 1.165) is 0 Å². The van der Waals surface area contributed by atoms with Crippen LogP contribution in [0.15, 0.2) is 42.5 Å². The predicted molar refractivity (Wildman–Crippen MR) is 88.5 cm³/mol. The zero-order valence-corrected chi connectivity index (χ0v) is 12.9. The maximum Gasteiger partial charge on any atom is 0.255 e. The number of halogens is 2. The van der Waals surface area contributed by atoms with E-state index >= 15 is 0 Å². The van der Waals surface area contributed by atoms with Crippen molar-refractivity contribution in [1.82, 2.24) is 0 Å². The molecule has 2 aromatic carbocycles. The quantitative estimate of drug-likeness (QED) is 0.801. The van der Waals surface area contributed by atoms with Crippen molar-refractivity contribution in [1.29, 1.82) is 0 Å². The summed E-state index contributed by atoms with van der Waals surface area (Å²) in [5, 5.41) is 6.07. The van der Waals surface area contributed by atoms with Gasteiger partial charge in [-0.3, -0.25) is 9.59 Å². The van der Waals surface area contributed by atoms with Crippen molar-refractivity contribution in [3.63, 3.8) is 0 Å². The first-order valence-corrected chi connectivity index (χ1v) is 7.11. The van der Waals surface area contributed by atoms with Gasteiger partial charge in [0.1, 0.15) is 0 Å².